The molecule has 7 heteroatoms. The predicted octanol–water partition coefficient (Wildman–Crippen LogP) is 5.01. The summed E-state index contributed by atoms with van der Waals surface area (Å²) in [7, 11) is 0. The average molecular weight is 455 g/mol. The molecule has 2 heterocycles. The van der Waals surface area contributed by atoms with Gasteiger partial charge in [-0.25, -0.2) is 4.99 Å². The summed E-state index contributed by atoms with van der Waals surface area (Å²) < 4.78 is 0. The highest BCUT2D eigenvalue weighted by molar-refractivity contribution is 8.14. The maximum absolute atomic E-state index is 13.0. The molecule has 1 N–H and O–H groups in total. The molecule has 0 radical (unpaired) electrons. The van der Waals surface area contributed by atoms with E-state index in [4.69, 9.17) is 4.99 Å². The molecule has 33 heavy (non-hydrogen) atoms. The Morgan fingerprint density at radius 2 is 1.76 bits per heavy atom. The summed E-state index contributed by atoms with van der Waals surface area (Å²) in [5.74, 6) is 0.375. The highest BCUT2D eigenvalue weighted by atomic mass is 32.2. The number of aryl methyl sites for hydroxylation is 2. The van der Waals surface area contributed by atoms with Gasteiger partial charge >= 0.3 is 0 Å². The third-order valence-electron chi connectivity index (χ3n) is 5.61. The molecule has 164 valence electrons. The minimum Gasteiger partial charge on any atom is -0.325 e. The van der Waals surface area contributed by atoms with Gasteiger partial charge in [-0.1, -0.05) is 71.9 Å². The number of benzene rings is 3. The van der Waals surface area contributed by atoms with E-state index in [9.17, 15) is 9.59 Å². The number of nitrogens with one attached hydrogen (secondary N) is 1. The van der Waals surface area contributed by atoms with Crippen molar-refractivity contribution in [2.75, 3.05) is 11.1 Å². The Labute approximate surface area is 196 Å². The second kappa shape index (κ2) is 8.67. The smallest absolute Gasteiger partial charge is 0.275 e. The quantitative estimate of drug-likeness (QED) is 0.602. The second-order valence-corrected chi connectivity index (χ2v) is 8.97. The lowest BCUT2D eigenvalue weighted by molar-refractivity contribution is -0.119. The molecule has 0 spiro atoms. The van der Waals surface area contributed by atoms with Gasteiger partial charge in [-0.3, -0.25) is 14.5 Å². The van der Waals surface area contributed by atoms with Crippen LogP contribution in [0.3, 0.4) is 0 Å². The third-order valence-corrected chi connectivity index (χ3v) is 6.56. The van der Waals surface area contributed by atoms with Crippen LogP contribution in [0.2, 0.25) is 0 Å². The van der Waals surface area contributed by atoms with E-state index in [-0.39, 0.29) is 17.6 Å². The average Bonchev–Trinajstić information content (AvgIpc) is 3.17. The van der Waals surface area contributed by atoms with E-state index in [1.165, 1.54) is 11.8 Å². The monoisotopic (exact) mass is 454 g/mol. The maximum Gasteiger partial charge on any atom is 0.275 e. The Morgan fingerprint density at radius 1 is 1.00 bits per heavy atom. The first kappa shape index (κ1) is 21.2. The number of amidine groups is 2. The molecule has 0 saturated heterocycles. The number of fused-ring (bicyclic) bond motifs is 3. The molecule has 0 saturated carbocycles. The lowest BCUT2D eigenvalue weighted by Gasteiger charge is -2.31. The molecule has 2 aliphatic rings. The van der Waals surface area contributed by atoms with Gasteiger partial charge in [-0.2, -0.15) is 4.99 Å². The van der Waals surface area contributed by atoms with Crippen LogP contribution in [0.4, 0.5) is 11.4 Å². The minimum absolute atomic E-state index is 0.131. The summed E-state index contributed by atoms with van der Waals surface area (Å²) >= 11 is 1.31. The van der Waals surface area contributed by atoms with Crippen LogP contribution in [0.1, 0.15) is 28.3 Å². The fraction of sp³-hybridized carbons (Fsp3) is 0.154. The summed E-state index contributed by atoms with van der Waals surface area (Å²) in [5.41, 5.74) is 5.35. The van der Waals surface area contributed by atoms with Crippen molar-refractivity contribution in [3.63, 3.8) is 0 Å². The Morgan fingerprint density at radius 3 is 2.55 bits per heavy atom. The van der Waals surface area contributed by atoms with Crippen LogP contribution in [0, 0.1) is 13.8 Å². The number of carbonyl (C=O) groups excluding carboxylic acids is 2. The highest BCUT2D eigenvalue weighted by Gasteiger charge is 2.42. The lowest BCUT2D eigenvalue weighted by atomic mass is 10.0. The van der Waals surface area contributed by atoms with Gasteiger partial charge in [0, 0.05) is 11.3 Å². The first-order chi connectivity index (χ1) is 16.0. The molecule has 1 unspecified atom stereocenters. The van der Waals surface area contributed by atoms with Crippen molar-refractivity contribution in [2.45, 2.75) is 19.9 Å². The molecule has 3 aromatic rings. The van der Waals surface area contributed by atoms with Crippen LogP contribution >= 0.6 is 11.8 Å². The van der Waals surface area contributed by atoms with Crippen molar-refractivity contribution in [1.29, 1.82) is 0 Å². The summed E-state index contributed by atoms with van der Waals surface area (Å²) in [6.07, 6.45) is 0. The minimum atomic E-state index is -0.594. The topological polar surface area (TPSA) is 74.1 Å². The number of para-hydroxylation sites is 1. The summed E-state index contributed by atoms with van der Waals surface area (Å²) in [4.78, 5) is 36.7. The van der Waals surface area contributed by atoms with Crippen LogP contribution in [0.5, 0.6) is 0 Å². The molecule has 0 bridgehead atoms. The molecule has 3 aromatic carbocycles. The second-order valence-electron chi connectivity index (χ2n) is 8.02. The van der Waals surface area contributed by atoms with Crippen molar-refractivity contribution >= 4 is 46.0 Å². The molecule has 0 fully saturated rings. The standard InChI is InChI=1S/C26H22N4O2S/c1-16-12-13-20(17(2)14-16)27-22(31)15-33-26-28-21-11-7-6-10-19(21)24-29-25(32)23(30(24)26)18-8-4-3-5-9-18/h3-14,23H,15H2,1-2H3,(H,27,31). The molecule has 6 nitrogen and oxygen atoms in total. The molecule has 2 amide bonds. The number of hydrogen-bond donors (Lipinski definition) is 1. The Kier molecular flexibility index (Phi) is 5.56. The van der Waals surface area contributed by atoms with E-state index in [2.05, 4.69) is 10.3 Å². The zero-order valence-electron chi connectivity index (χ0n) is 18.3. The van der Waals surface area contributed by atoms with E-state index in [0.717, 1.165) is 33.6 Å². The first-order valence-electron chi connectivity index (χ1n) is 10.7. The molecule has 2 aliphatic heterocycles. The number of anilines is 1. The Balaban J connectivity index is 1.42. The van der Waals surface area contributed by atoms with Gasteiger partial charge in [0.15, 0.2) is 5.17 Å². The van der Waals surface area contributed by atoms with Crippen molar-refractivity contribution in [3.05, 3.63) is 95.1 Å². The number of aliphatic imine (C=N–C) groups is 2. The molecule has 0 aliphatic carbocycles. The van der Waals surface area contributed by atoms with E-state index >= 15 is 0 Å². The molecule has 1 atom stereocenters. The van der Waals surface area contributed by atoms with E-state index in [1.807, 2.05) is 91.5 Å². The number of amides is 2. The van der Waals surface area contributed by atoms with Crippen LogP contribution in [0.25, 0.3) is 0 Å². The zero-order valence-corrected chi connectivity index (χ0v) is 19.1. The van der Waals surface area contributed by atoms with Crippen molar-refractivity contribution in [2.24, 2.45) is 9.98 Å². The summed E-state index contributed by atoms with van der Waals surface area (Å²) in [6, 6.07) is 22.5. The number of nitrogens with zero attached hydrogens (tertiary/aromatic N) is 3. The number of rotatable bonds is 4. The predicted molar refractivity (Wildman–Crippen MR) is 133 cm³/mol. The van der Waals surface area contributed by atoms with Crippen molar-refractivity contribution in [1.82, 2.24) is 4.90 Å². The molecule has 0 aromatic heterocycles. The van der Waals surface area contributed by atoms with Crippen LogP contribution in [0.15, 0.2) is 82.8 Å². The number of thioether (sulfide) groups is 1. The highest BCUT2D eigenvalue weighted by Crippen LogP contribution is 2.39. The first-order valence-corrected chi connectivity index (χ1v) is 11.6. The normalized spacial score (nSPS) is 16.6. The molecular formula is C26H22N4O2S. The molecular weight excluding hydrogens is 432 g/mol. The van der Waals surface area contributed by atoms with Gasteiger partial charge < -0.3 is 5.32 Å². The van der Waals surface area contributed by atoms with Gasteiger partial charge in [0.25, 0.3) is 5.91 Å². The molecule has 5 rings (SSSR count). The van der Waals surface area contributed by atoms with Crippen LogP contribution in [-0.4, -0.2) is 33.5 Å². The number of hydrogen-bond acceptors (Lipinski definition) is 5. The SMILES string of the molecule is Cc1ccc(NC(=O)CSC2=Nc3ccccc3C3=NC(=O)C(c4ccccc4)N23)c(C)c1. The van der Waals surface area contributed by atoms with Gasteiger partial charge in [-0.05, 0) is 43.2 Å². The van der Waals surface area contributed by atoms with Crippen LogP contribution in [-0.2, 0) is 9.59 Å². The van der Waals surface area contributed by atoms with Crippen molar-refractivity contribution < 1.29 is 9.59 Å². The Bertz CT molecular complexity index is 1320. The van der Waals surface area contributed by atoms with Gasteiger partial charge in [-0.15, -0.1) is 0 Å². The third kappa shape index (κ3) is 4.07. The van der Waals surface area contributed by atoms with Crippen molar-refractivity contribution in [3.8, 4) is 0 Å². The Hall–Kier alpha value is -3.71. The zero-order chi connectivity index (χ0) is 22.9. The van der Waals surface area contributed by atoms with E-state index in [1.54, 1.807) is 0 Å². The number of carbonyl (C=O) groups is 2. The maximum atomic E-state index is 13.0. The van der Waals surface area contributed by atoms with Gasteiger partial charge in [0.1, 0.15) is 11.9 Å². The van der Waals surface area contributed by atoms with Crippen LogP contribution < -0.4 is 5.32 Å². The lowest BCUT2D eigenvalue weighted by Crippen LogP contribution is -2.39. The fourth-order valence-electron chi connectivity index (χ4n) is 4.06. The fourth-order valence-corrected chi connectivity index (χ4v) is 4.89. The van der Waals surface area contributed by atoms with E-state index in [0.29, 0.717) is 11.0 Å². The van der Waals surface area contributed by atoms with Gasteiger partial charge in [0.2, 0.25) is 5.91 Å². The van der Waals surface area contributed by atoms with E-state index < -0.39 is 6.04 Å². The van der Waals surface area contributed by atoms with Gasteiger partial charge in [0.05, 0.1) is 11.4 Å². The largest absolute Gasteiger partial charge is 0.325 e. The summed E-state index contributed by atoms with van der Waals surface area (Å²) in [5, 5.41) is 3.56. The summed E-state index contributed by atoms with van der Waals surface area (Å²) in [6.45, 7) is 3.99.